The first-order valence-electron chi connectivity index (χ1n) is 8.90. The molecule has 6 nitrogen and oxygen atoms in total. The van der Waals surface area contributed by atoms with Crippen LogP contribution in [0.15, 0.2) is 36.7 Å². The van der Waals surface area contributed by atoms with E-state index in [1.54, 1.807) is 6.20 Å². The van der Waals surface area contributed by atoms with Crippen LogP contribution in [-0.2, 0) is 11.3 Å². The van der Waals surface area contributed by atoms with E-state index >= 15 is 0 Å². The van der Waals surface area contributed by atoms with E-state index in [0.29, 0.717) is 18.9 Å². The highest BCUT2D eigenvalue weighted by Gasteiger charge is 2.25. The third-order valence-corrected chi connectivity index (χ3v) is 4.96. The Balaban J connectivity index is 1.40. The lowest BCUT2D eigenvalue weighted by Gasteiger charge is -2.32. The second-order valence-electron chi connectivity index (χ2n) is 6.82. The van der Waals surface area contributed by atoms with E-state index < -0.39 is 0 Å². The fourth-order valence-corrected chi connectivity index (χ4v) is 3.61. The highest BCUT2D eigenvalue weighted by molar-refractivity contribution is 5.77. The number of rotatable bonds is 4. The van der Waals surface area contributed by atoms with E-state index in [2.05, 4.69) is 27.2 Å². The minimum Gasteiger partial charge on any atom is -0.343 e. The molecule has 0 spiro atoms. The molecule has 4 rings (SSSR count). The van der Waals surface area contributed by atoms with Gasteiger partial charge in [-0.2, -0.15) is 5.10 Å². The Labute approximate surface area is 146 Å². The van der Waals surface area contributed by atoms with Gasteiger partial charge in [-0.05, 0) is 44.0 Å². The summed E-state index contributed by atoms with van der Waals surface area (Å²) >= 11 is 0. The molecule has 6 heteroatoms. The van der Waals surface area contributed by atoms with Gasteiger partial charge in [0.25, 0.3) is 0 Å². The van der Waals surface area contributed by atoms with Gasteiger partial charge in [-0.15, -0.1) is 0 Å². The number of piperidine rings is 1. The smallest absolute Gasteiger partial charge is 0.224 e. The van der Waals surface area contributed by atoms with Crippen molar-refractivity contribution in [2.24, 2.45) is 0 Å². The zero-order chi connectivity index (χ0) is 17.2. The molecule has 0 saturated carbocycles. The van der Waals surface area contributed by atoms with Crippen LogP contribution in [0, 0.1) is 6.92 Å². The fraction of sp³-hybridized carbons (Fsp3) is 0.421. The number of amides is 1. The van der Waals surface area contributed by atoms with Crippen molar-refractivity contribution in [1.82, 2.24) is 24.6 Å². The quantitative estimate of drug-likeness (QED) is 0.796. The van der Waals surface area contributed by atoms with Gasteiger partial charge in [0.2, 0.25) is 5.91 Å². The summed E-state index contributed by atoms with van der Waals surface area (Å²) < 4.78 is 1.85. The predicted molar refractivity (Wildman–Crippen MR) is 96.2 cm³/mol. The Hall–Kier alpha value is -2.63. The topological polar surface area (TPSA) is 66.8 Å². The van der Waals surface area contributed by atoms with Gasteiger partial charge in [0, 0.05) is 55.4 Å². The first kappa shape index (κ1) is 15.9. The molecule has 0 aromatic carbocycles. The van der Waals surface area contributed by atoms with E-state index in [4.69, 9.17) is 0 Å². The van der Waals surface area contributed by atoms with E-state index in [1.165, 1.54) is 5.69 Å². The van der Waals surface area contributed by atoms with Crippen molar-refractivity contribution in [1.29, 1.82) is 0 Å². The van der Waals surface area contributed by atoms with E-state index in [-0.39, 0.29) is 5.91 Å². The molecule has 3 aromatic heterocycles. The van der Waals surface area contributed by atoms with Crippen LogP contribution in [0.1, 0.15) is 36.6 Å². The van der Waals surface area contributed by atoms with E-state index in [9.17, 15) is 4.79 Å². The number of nitrogens with one attached hydrogen (secondary N) is 1. The van der Waals surface area contributed by atoms with Crippen LogP contribution in [0.4, 0.5) is 0 Å². The van der Waals surface area contributed by atoms with Crippen molar-refractivity contribution in [3.8, 4) is 0 Å². The highest BCUT2D eigenvalue weighted by atomic mass is 16.2. The summed E-state index contributed by atoms with van der Waals surface area (Å²) in [6.45, 7) is 4.24. The molecule has 0 aliphatic carbocycles. The van der Waals surface area contributed by atoms with Crippen molar-refractivity contribution in [2.75, 3.05) is 13.1 Å². The standard InChI is InChI=1S/C19H23N5O/c1-14-6-10-24(22-14)11-7-18(25)23-9-3-5-16(13-23)17-12-15-4-2-8-20-19(15)21-17/h2,4,6,8,10,12,16H,3,5,7,9,11,13H2,1H3,(H,20,21). The lowest BCUT2D eigenvalue weighted by atomic mass is 9.94. The number of aromatic amines is 1. The van der Waals surface area contributed by atoms with Crippen LogP contribution < -0.4 is 0 Å². The number of fused-ring (bicyclic) bond motifs is 1. The molecule has 1 atom stereocenters. The molecular formula is C19H23N5O. The molecule has 1 aliphatic rings. The summed E-state index contributed by atoms with van der Waals surface area (Å²) in [4.78, 5) is 22.4. The SMILES string of the molecule is Cc1ccn(CCC(=O)N2CCCC(c3cc4cccnc4[nH]3)C2)n1. The minimum absolute atomic E-state index is 0.215. The highest BCUT2D eigenvalue weighted by Crippen LogP contribution is 2.28. The average Bonchev–Trinajstić information content (AvgIpc) is 3.25. The molecule has 1 amide bonds. The van der Waals surface area contributed by atoms with Gasteiger partial charge in [-0.3, -0.25) is 9.48 Å². The molecule has 25 heavy (non-hydrogen) atoms. The van der Waals surface area contributed by atoms with Crippen molar-refractivity contribution in [3.63, 3.8) is 0 Å². The van der Waals surface area contributed by atoms with Gasteiger partial charge in [-0.1, -0.05) is 0 Å². The fourth-order valence-electron chi connectivity index (χ4n) is 3.61. The molecule has 1 fully saturated rings. The van der Waals surface area contributed by atoms with Crippen LogP contribution in [0.2, 0.25) is 0 Å². The maximum Gasteiger partial charge on any atom is 0.224 e. The molecule has 1 unspecified atom stereocenters. The van der Waals surface area contributed by atoms with Gasteiger partial charge in [0.1, 0.15) is 5.65 Å². The number of aryl methyl sites for hydroxylation is 2. The maximum atomic E-state index is 12.6. The van der Waals surface area contributed by atoms with Crippen LogP contribution >= 0.6 is 0 Å². The van der Waals surface area contributed by atoms with Crippen molar-refractivity contribution >= 4 is 16.9 Å². The summed E-state index contributed by atoms with van der Waals surface area (Å²) in [5, 5.41) is 5.48. The van der Waals surface area contributed by atoms with Crippen molar-refractivity contribution in [3.05, 3.63) is 48.0 Å². The summed E-state index contributed by atoms with van der Waals surface area (Å²) in [6, 6.07) is 8.16. The number of carbonyl (C=O) groups is 1. The molecule has 3 aromatic rings. The van der Waals surface area contributed by atoms with Crippen LogP contribution in [0.3, 0.4) is 0 Å². The molecule has 1 saturated heterocycles. The van der Waals surface area contributed by atoms with Crippen molar-refractivity contribution < 1.29 is 4.79 Å². The predicted octanol–water partition coefficient (Wildman–Crippen LogP) is 2.86. The molecule has 1 N–H and O–H groups in total. The van der Waals surface area contributed by atoms with Crippen LogP contribution in [-0.4, -0.2) is 43.6 Å². The largest absolute Gasteiger partial charge is 0.343 e. The Kier molecular flexibility index (Phi) is 4.26. The first-order chi connectivity index (χ1) is 12.2. The summed E-state index contributed by atoms with van der Waals surface area (Å²) in [7, 11) is 0. The lowest BCUT2D eigenvalue weighted by molar-refractivity contribution is -0.132. The van der Waals surface area contributed by atoms with Gasteiger partial charge in [0.05, 0.1) is 5.69 Å². The minimum atomic E-state index is 0.215. The number of pyridine rings is 1. The molecule has 4 heterocycles. The number of likely N-dealkylation sites (tertiary alicyclic amines) is 1. The molecule has 1 aliphatic heterocycles. The molecule has 0 bridgehead atoms. The summed E-state index contributed by atoms with van der Waals surface area (Å²) in [5.74, 6) is 0.575. The lowest BCUT2D eigenvalue weighted by Crippen LogP contribution is -2.39. The Morgan fingerprint density at radius 1 is 1.40 bits per heavy atom. The third kappa shape index (κ3) is 3.43. The van der Waals surface area contributed by atoms with Crippen molar-refractivity contribution in [2.45, 2.75) is 38.6 Å². The molecule has 130 valence electrons. The first-order valence-corrected chi connectivity index (χ1v) is 8.90. The van der Waals surface area contributed by atoms with E-state index in [1.807, 2.05) is 34.8 Å². The Bertz CT molecular complexity index is 848. The zero-order valence-corrected chi connectivity index (χ0v) is 14.5. The normalized spacial score (nSPS) is 18.0. The maximum absolute atomic E-state index is 12.6. The number of H-pyrrole nitrogens is 1. The zero-order valence-electron chi connectivity index (χ0n) is 14.5. The number of aromatic nitrogens is 4. The second kappa shape index (κ2) is 6.70. The number of hydrogen-bond donors (Lipinski definition) is 1. The average molecular weight is 337 g/mol. The van der Waals surface area contributed by atoms with Gasteiger partial charge in [-0.25, -0.2) is 4.98 Å². The number of nitrogens with zero attached hydrogens (tertiary/aromatic N) is 4. The van der Waals surface area contributed by atoms with Crippen LogP contribution in [0.25, 0.3) is 11.0 Å². The Morgan fingerprint density at radius 2 is 2.32 bits per heavy atom. The Morgan fingerprint density at radius 3 is 3.12 bits per heavy atom. The monoisotopic (exact) mass is 337 g/mol. The number of carbonyl (C=O) groups excluding carboxylic acids is 1. The number of hydrogen-bond acceptors (Lipinski definition) is 3. The van der Waals surface area contributed by atoms with E-state index in [0.717, 1.165) is 42.7 Å². The molecular weight excluding hydrogens is 314 g/mol. The van der Waals surface area contributed by atoms with Gasteiger partial charge >= 0.3 is 0 Å². The van der Waals surface area contributed by atoms with Gasteiger partial charge < -0.3 is 9.88 Å². The molecule has 0 radical (unpaired) electrons. The summed E-state index contributed by atoms with van der Waals surface area (Å²) in [5.41, 5.74) is 3.10. The third-order valence-electron chi connectivity index (χ3n) is 4.96. The van der Waals surface area contributed by atoms with Gasteiger partial charge in [0.15, 0.2) is 0 Å². The van der Waals surface area contributed by atoms with Crippen LogP contribution in [0.5, 0.6) is 0 Å². The second-order valence-corrected chi connectivity index (χ2v) is 6.82. The summed E-state index contributed by atoms with van der Waals surface area (Å²) in [6.07, 6.45) is 6.38.